The minimum absolute atomic E-state index is 0.00543. The van der Waals surface area contributed by atoms with Crippen LogP contribution in [0.1, 0.15) is 23.2 Å². The first-order valence-electron chi connectivity index (χ1n) is 9.56. The zero-order chi connectivity index (χ0) is 23.3. The number of hydrogen-bond acceptors (Lipinski definition) is 9. The number of hydrogen-bond donors (Lipinski definition) is 6. The molecular weight excluding hydrogens is 422 g/mol. The summed E-state index contributed by atoms with van der Waals surface area (Å²) in [6, 6.07) is 4.13. The zero-order valence-corrected chi connectivity index (χ0v) is 16.7. The average Bonchev–Trinajstić information content (AvgIpc) is 2.75. The quantitative estimate of drug-likeness (QED) is 0.273. The standard InChI is InChI=1S/C19H21N7O6/c20-19-25-15-14(17(30)26-19)23-11(8-22-15)7-21-10-3-1-9(2-4-10)16(29)24-12(18(31)32)5-6-13(27)28/h1-4,8,12,14-15,21H,5-7H2,(H,24,29)(H,27,28)(H,31,32)(H3,20,25,26,30). The third kappa shape index (κ3) is 5.65. The molecule has 13 heteroatoms. The highest BCUT2D eigenvalue weighted by molar-refractivity contribution is 6.33. The van der Waals surface area contributed by atoms with E-state index in [1.165, 1.54) is 18.3 Å². The maximum atomic E-state index is 12.3. The topological polar surface area (TPSA) is 208 Å². The fourth-order valence-corrected chi connectivity index (χ4v) is 2.99. The normalized spacial score (nSPS) is 20.2. The van der Waals surface area contributed by atoms with Crippen molar-refractivity contribution in [2.45, 2.75) is 31.1 Å². The van der Waals surface area contributed by atoms with Crippen LogP contribution < -0.4 is 21.7 Å². The third-order valence-corrected chi connectivity index (χ3v) is 4.63. The number of fused-ring (bicyclic) bond motifs is 1. The van der Waals surface area contributed by atoms with E-state index in [2.05, 4.69) is 30.9 Å². The van der Waals surface area contributed by atoms with Gasteiger partial charge in [0.1, 0.15) is 6.04 Å². The third-order valence-electron chi connectivity index (χ3n) is 4.63. The Labute approximate surface area is 181 Å². The Hall–Kier alpha value is -4.29. The van der Waals surface area contributed by atoms with Gasteiger partial charge in [0.15, 0.2) is 18.2 Å². The monoisotopic (exact) mass is 443 g/mol. The van der Waals surface area contributed by atoms with Gasteiger partial charge in [-0.15, -0.1) is 0 Å². The molecule has 1 aromatic carbocycles. The fraction of sp³-hybridized carbons (Fsp3) is 0.316. The molecule has 0 aromatic heterocycles. The Morgan fingerprint density at radius 2 is 1.88 bits per heavy atom. The summed E-state index contributed by atoms with van der Waals surface area (Å²) in [6.07, 6.45) is 0.234. The molecule has 0 spiro atoms. The largest absolute Gasteiger partial charge is 0.481 e. The zero-order valence-electron chi connectivity index (χ0n) is 16.7. The van der Waals surface area contributed by atoms with E-state index >= 15 is 0 Å². The summed E-state index contributed by atoms with van der Waals surface area (Å²) in [5.74, 6) is -3.46. The Morgan fingerprint density at radius 1 is 1.16 bits per heavy atom. The maximum absolute atomic E-state index is 12.3. The number of nitrogens with one attached hydrogen (secondary N) is 3. The number of benzene rings is 1. The highest BCUT2D eigenvalue weighted by atomic mass is 16.4. The minimum Gasteiger partial charge on any atom is -0.481 e. The summed E-state index contributed by atoms with van der Waals surface area (Å²) in [7, 11) is 0. The molecule has 2 amide bonds. The van der Waals surface area contributed by atoms with Gasteiger partial charge in [-0.05, 0) is 30.7 Å². The maximum Gasteiger partial charge on any atom is 0.326 e. The van der Waals surface area contributed by atoms with Crippen molar-refractivity contribution in [1.29, 1.82) is 0 Å². The molecule has 7 N–H and O–H groups in total. The molecule has 0 saturated carbocycles. The molecule has 0 bridgehead atoms. The van der Waals surface area contributed by atoms with E-state index in [4.69, 9.17) is 15.9 Å². The minimum atomic E-state index is -1.31. The first-order valence-corrected chi connectivity index (χ1v) is 9.56. The van der Waals surface area contributed by atoms with Crippen molar-refractivity contribution < 1.29 is 29.4 Å². The van der Waals surface area contributed by atoms with E-state index in [0.717, 1.165) is 0 Å². The number of carboxylic acid groups (broad SMARTS) is 2. The number of aliphatic imine (C=N–C) groups is 3. The molecule has 13 nitrogen and oxygen atoms in total. The van der Waals surface area contributed by atoms with Crippen LogP contribution in [-0.2, 0) is 14.4 Å². The molecule has 1 aromatic rings. The highest BCUT2D eigenvalue weighted by Crippen LogP contribution is 2.14. The van der Waals surface area contributed by atoms with Gasteiger partial charge < -0.3 is 26.6 Å². The molecule has 3 unspecified atom stereocenters. The summed E-state index contributed by atoms with van der Waals surface area (Å²) in [4.78, 5) is 58.6. The lowest BCUT2D eigenvalue weighted by Gasteiger charge is -2.25. The first kappa shape index (κ1) is 22.4. The van der Waals surface area contributed by atoms with Gasteiger partial charge in [-0.3, -0.25) is 29.7 Å². The molecule has 3 atom stereocenters. The number of rotatable bonds is 9. The molecule has 3 rings (SSSR count). The molecule has 0 fully saturated rings. The molecule has 2 heterocycles. The number of anilines is 1. The number of nitrogens with two attached hydrogens (primary N) is 1. The lowest BCUT2D eigenvalue weighted by molar-refractivity contribution is -0.140. The number of aliphatic carboxylic acids is 2. The van der Waals surface area contributed by atoms with Crippen molar-refractivity contribution >= 4 is 47.3 Å². The van der Waals surface area contributed by atoms with Crippen LogP contribution in [0.5, 0.6) is 0 Å². The Kier molecular flexibility index (Phi) is 6.77. The van der Waals surface area contributed by atoms with Crippen LogP contribution in [-0.4, -0.2) is 76.6 Å². The molecule has 0 saturated heterocycles. The van der Waals surface area contributed by atoms with Crippen LogP contribution in [0.3, 0.4) is 0 Å². The van der Waals surface area contributed by atoms with Gasteiger partial charge in [0.25, 0.3) is 11.8 Å². The van der Waals surface area contributed by atoms with E-state index in [-0.39, 0.29) is 36.8 Å². The van der Waals surface area contributed by atoms with Gasteiger partial charge in [0.05, 0.1) is 12.3 Å². The molecule has 2 aliphatic rings. The summed E-state index contributed by atoms with van der Waals surface area (Å²) < 4.78 is 0. The van der Waals surface area contributed by atoms with Gasteiger partial charge in [0.2, 0.25) is 0 Å². The Morgan fingerprint density at radius 3 is 2.53 bits per heavy atom. The van der Waals surface area contributed by atoms with Crippen LogP contribution in [0.15, 0.2) is 39.2 Å². The number of nitrogens with zero attached hydrogens (tertiary/aromatic N) is 3. The van der Waals surface area contributed by atoms with Crippen LogP contribution in [0.25, 0.3) is 0 Å². The van der Waals surface area contributed by atoms with Gasteiger partial charge in [-0.2, -0.15) is 0 Å². The van der Waals surface area contributed by atoms with E-state index in [1.54, 1.807) is 12.1 Å². The number of carbonyl (C=O) groups excluding carboxylic acids is 2. The summed E-state index contributed by atoms with van der Waals surface area (Å²) >= 11 is 0. The van der Waals surface area contributed by atoms with Crippen LogP contribution in [0.2, 0.25) is 0 Å². The van der Waals surface area contributed by atoms with Crippen LogP contribution in [0.4, 0.5) is 5.69 Å². The Balaban J connectivity index is 1.56. The van der Waals surface area contributed by atoms with E-state index in [0.29, 0.717) is 11.4 Å². The second-order valence-corrected chi connectivity index (χ2v) is 6.99. The van der Waals surface area contributed by atoms with Gasteiger partial charge in [-0.25, -0.2) is 9.79 Å². The van der Waals surface area contributed by atoms with Crippen molar-refractivity contribution in [1.82, 2.24) is 10.6 Å². The van der Waals surface area contributed by atoms with Gasteiger partial charge in [0, 0.05) is 23.9 Å². The number of carbonyl (C=O) groups is 4. The van der Waals surface area contributed by atoms with E-state index in [1.807, 2.05) is 0 Å². The lowest BCUT2D eigenvalue weighted by Crippen LogP contribution is -2.52. The summed E-state index contributed by atoms with van der Waals surface area (Å²) in [5, 5.41) is 25.6. The SMILES string of the molecule is NC1=NC2N=CC(CNc3ccc(C(=O)NC(CCC(=O)O)C(=O)O)cc3)=NC2C(=O)N1. The average molecular weight is 443 g/mol. The van der Waals surface area contributed by atoms with Crippen molar-refractivity contribution in [2.24, 2.45) is 20.7 Å². The predicted molar refractivity (Wildman–Crippen MR) is 114 cm³/mol. The first-order chi connectivity index (χ1) is 15.2. The molecular formula is C19H21N7O6. The smallest absolute Gasteiger partial charge is 0.326 e. The van der Waals surface area contributed by atoms with Crippen molar-refractivity contribution in [3.63, 3.8) is 0 Å². The lowest BCUT2D eigenvalue weighted by atomic mass is 10.1. The molecule has 0 radical (unpaired) electrons. The fourth-order valence-electron chi connectivity index (χ4n) is 2.99. The molecule has 0 aliphatic carbocycles. The van der Waals surface area contributed by atoms with Gasteiger partial charge in [-0.1, -0.05) is 0 Å². The second-order valence-electron chi connectivity index (χ2n) is 6.99. The molecule has 168 valence electrons. The second kappa shape index (κ2) is 9.68. The van der Waals surface area contributed by atoms with E-state index < -0.39 is 36.1 Å². The molecule has 32 heavy (non-hydrogen) atoms. The molecule has 2 aliphatic heterocycles. The van der Waals surface area contributed by atoms with Crippen LogP contribution >= 0.6 is 0 Å². The van der Waals surface area contributed by atoms with Gasteiger partial charge >= 0.3 is 11.9 Å². The van der Waals surface area contributed by atoms with Crippen molar-refractivity contribution in [3.05, 3.63) is 29.8 Å². The predicted octanol–water partition coefficient (Wildman–Crippen LogP) is -1.19. The van der Waals surface area contributed by atoms with Crippen molar-refractivity contribution in [2.75, 3.05) is 11.9 Å². The number of guanidine groups is 1. The highest BCUT2D eigenvalue weighted by Gasteiger charge is 2.34. The number of amides is 2. The summed E-state index contributed by atoms with van der Waals surface area (Å²) in [6.45, 7) is 0.265. The van der Waals surface area contributed by atoms with Crippen LogP contribution in [0, 0.1) is 0 Å². The van der Waals surface area contributed by atoms with E-state index in [9.17, 15) is 19.2 Å². The number of carboxylic acids is 2. The summed E-state index contributed by atoms with van der Waals surface area (Å²) in [5.41, 5.74) is 6.90. The van der Waals surface area contributed by atoms with Crippen molar-refractivity contribution in [3.8, 4) is 0 Å². The Bertz CT molecular complexity index is 1020.